The van der Waals surface area contributed by atoms with Crippen LogP contribution >= 0.6 is 0 Å². The zero-order valence-corrected chi connectivity index (χ0v) is 12.4. The monoisotopic (exact) mass is 265 g/mol. The Hall–Kier alpha value is -0.120. The van der Waals surface area contributed by atoms with Gasteiger partial charge in [0.2, 0.25) is 0 Å². The van der Waals surface area contributed by atoms with E-state index < -0.39 is 0 Å². The molecule has 3 rings (SSSR count). The van der Waals surface area contributed by atoms with Gasteiger partial charge in [-0.25, -0.2) is 0 Å². The molecule has 0 aromatic rings. The molecule has 0 radical (unpaired) electrons. The van der Waals surface area contributed by atoms with Crippen LogP contribution in [0.3, 0.4) is 0 Å². The van der Waals surface area contributed by atoms with Gasteiger partial charge in [0.05, 0.1) is 0 Å². The van der Waals surface area contributed by atoms with Crippen LogP contribution in [0.15, 0.2) is 0 Å². The van der Waals surface area contributed by atoms with Crippen LogP contribution in [0.1, 0.15) is 44.9 Å². The smallest absolute Gasteiger partial charge is 0.0136 e. The Morgan fingerprint density at radius 1 is 0.895 bits per heavy atom. The van der Waals surface area contributed by atoms with Crippen molar-refractivity contribution in [2.75, 3.05) is 45.8 Å². The third-order valence-corrected chi connectivity index (χ3v) is 5.41. The van der Waals surface area contributed by atoms with Gasteiger partial charge in [0.25, 0.3) is 0 Å². The van der Waals surface area contributed by atoms with Crippen LogP contribution in [-0.4, -0.2) is 61.7 Å². The molecule has 3 heteroatoms. The highest BCUT2D eigenvalue weighted by Crippen LogP contribution is 2.28. The van der Waals surface area contributed by atoms with Crippen molar-refractivity contribution in [3.63, 3.8) is 0 Å². The molecule has 3 saturated heterocycles. The molecule has 0 bridgehead atoms. The fraction of sp³-hybridized carbons (Fsp3) is 1.00. The van der Waals surface area contributed by atoms with Crippen molar-refractivity contribution in [3.8, 4) is 0 Å². The fourth-order valence-corrected chi connectivity index (χ4v) is 4.37. The van der Waals surface area contributed by atoms with Gasteiger partial charge in [0, 0.05) is 6.04 Å². The summed E-state index contributed by atoms with van der Waals surface area (Å²) in [5.41, 5.74) is 0. The normalized spacial score (nSPS) is 34.1. The van der Waals surface area contributed by atoms with Crippen molar-refractivity contribution in [1.82, 2.24) is 15.1 Å². The maximum atomic E-state index is 3.60. The highest BCUT2D eigenvalue weighted by molar-refractivity contribution is 4.88. The van der Waals surface area contributed by atoms with Gasteiger partial charge in [0.1, 0.15) is 0 Å². The summed E-state index contributed by atoms with van der Waals surface area (Å²) in [6.45, 7) is 9.28. The Labute approximate surface area is 118 Å². The number of rotatable bonds is 5. The van der Waals surface area contributed by atoms with Crippen LogP contribution < -0.4 is 5.32 Å². The summed E-state index contributed by atoms with van der Waals surface area (Å²) in [6, 6.07) is 0.895. The summed E-state index contributed by atoms with van der Waals surface area (Å²) >= 11 is 0. The second-order valence-corrected chi connectivity index (χ2v) is 6.75. The SMILES string of the molecule is C1CNCC(C2CCCN2CCCN2CCCC2)C1. The summed E-state index contributed by atoms with van der Waals surface area (Å²) in [4.78, 5) is 5.47. The van der Waals surface area contributed by atoms with E-state index in [9.17, 15) is 0 Å². The molecule has 19 heavy (non-hydrogen) atoms. The molecule has 110 valence electrons. The first-order valence-electron chi connectivity index (χ1n) is 8.60. The van der Waals surface area contributed by atoms with Gasteiger partial charge in [-0.15, -0.1) is 0 Å². The largest absolute Gasteiger partial charge is 0.316 e. The van der Waals surface area contributed by atoms with Gasteiger partial charge in [-0.05, 0) is 96.7 Å². The number of hydrogen-bond acceptors (Lipinski definition) is 3. The Kier molecular flexibility index (Phi) is 5.14. The maximum absolute atomic E-state index is 3.60. The van der Waals surface area contributed by atoms with E-state index in [4.69, 9.17) is 0 Å². The van der Waals surface area contributed by atoms with E-state index in [1.54, 1.807) is 0 Å². The molecule has 0 spiro atoms. The lowest BCUT2D eigenvalue weighted by Crippen LogP contribution is -2.43. The van der Waals surface area contributed by atoms with Crippen molar-refractivity contribution >= 4 is 0 Å². The number of hydrogen-bond donors (Lipinski definition) is 1. The molecule has 0 amide bonds. The van der Waals surface area contributed by atoms with E-state index in [0.29, 0.717) is 0 Å². The zero-order valence-electron chi connectivity index (χ0n) is 12.4. The van der Waals surface area contributed by atoms with Crippen LogP contribution in [0.5, 0.6) is 0 Å². The Morgan fingerprint density at radius 2 is 1.79 bits per heavy atom. The zero-order chi connectivity index (χ0) is 12.9. The summed E-state index contributed by atoms with van der Waals surface area (Å²) < 4.78 is 0. The molecule has 0 aromatic carbocycles. The van der Waals surface area contributed by atoms with Crippen molar-refractivity contribution < 1.29 is 0 Å². The predicted octanol–water partition coefficient (Wildman–Crippen LogP) is 1.94. The van der Waals surface area contributed by atoms with E-state index in [1.807, 2.05) is 0 Å². The second-order valence-electron chi connectivity index (χ2n) is 6.75. The average molecular weight is 265 g/mol. The highest BCUT2D eigenvalue weighted by atomic mass is 15.2. The Balaban J connectivity index is 1.40. The molecule has 3 heterocycles. The Morgan fingerprint density at radius 3 is 2.58 bits per heavy atom. The summed E-state index contributed by atoms with van der Waals surface area (Å²) in [5.74, 6) is 0.933. The molecule has 0 saturated carbocycles. The molecule has 2 unspecified atom stereocenters. The lowest BCUT2D eigenvalue weighted by atomic mass is 9.90. The maximum Gasteiger partial charge on any atom is 0.0136 e. The molecular formula is C16H31N3. The van der Waals surface area contributed by atoms with Crippen molar-refractivity contribution in [1.29, 1.82) is 0 Å². The fourth-order valence-electron chi connectivity index (χ4n) is 4.37. The van der Waals surface area contributed by atoms with Crippen molar-refractivity contribution in [2.24, 2.45) is 5.92 Å². The molecule has 3 aliphatic rings. The first kappa shape index (κ1) is 13.8. The third kappa shape index (κ3) is 3.71. The van der Waals surface area contributed by atoms with E-state index in [1.165, 1.54) is 90.8 Å². The van der Waals surface area contributed by atoms with E-state index in [2.05, 4.69) is 15.1 Å². The summed E-state index contributed by atoms with van der Waals surface area (Å²) in [7, 11) is 0. The van der Waals surface area contributed by atoms with Gasteiger partial charge < -0.3 is 15.1 Å². The molecule has 0 aromatic heterocycles. The van der Waals surface area contributed by atoms with Crippen LogP contribution in [0.25, 0.3) is 0 Å². The molecule has 2 atom stereocenters. The van der Waals surface area contributed by atoms with Gasteiger partial charge >= 0.3 is 0 Å². The molecule has 3 aliphatic heterocycles. The van der Waals surface area contributed by atoms with Crippen LogP contribution in [0.2, 0.25) is 0 Å². The third-order valence-electron chi connectivity index (χ3n) is 5.41. The number of piperidine rings is 1. The molecule has 1 N–H and O–H groups in total. The number of nitrogens with one attached hydrogen (secondary N) is 1. The number of likely N-dealkylation sites (tertiary alicyclic amines) is 2. The highest BCUT2D eigenvalue weighted by Gasteiger charge is 2.31. The average Bonchev–Trinajstić information content (AvgIpc) is 3.11. The minimum absolute atomic E-state index is 0.895. The van der Waals surface area contributed by atoms with Crippen LogP contribution in [0.4, 0.5) is 0 Å². The molecule has 3 nitrogen and oxygen atoms in total. The van der Waals surface area contributed by atoms with E-state index in [0.717, 1.165) is 12.0 Å². The van der Waals surface area contributed by atoms with E-state index >= 15 is 0 Å². The minimum atomic E-state index is 0.895. The Bertz CT molecular complexity index is 257. The predicted molar refractivity (Wildman–Crippen MR) is 80.5 cm³/mol. The van der Waals surface area contributed by atoms with Gasteiger partial charge in [0.15, 0.2) is 0 Å². The molecular weight excluding hydrogens is 234 g/mol. The van der Waals surface area contributed by atoms with Crippen LogP contribution in [-0.2, 0) is 0 Å². The van der Waals surface area contributed by atoms with Crippen LogP contribution in [0, 0.1) is 5.92 Å². The lowest BCUT2D eigenvalue weighted by molar-refractivity contribution is 0.158. The quantitative estimate of drug-likeness (QED) is 0.819. The first-order valence-corrected chi connectivity index (χ1v) is 8.60. The molecule has 0 aliphatic carbocycles. The van der Waals surface area contributed by atoms with Gasteiger partial charge in [-0.2, -0.15) is 0 Å². The standard InChI is InChI=1S/C16H31N3/c1-2-10-18(9-1)11-5-13-19-12-4-7-16(19)15-6-3-8-17-14-15/h15-17H,1-14H2. The van der Waals surface area contributed by atoms with Gasteiger partial charge in [-0.3, -0.25) is 0 Å². The minimum Gasteiger partial charge on any atom is -0.316 e. The number of nitrogens with zero attached hydrogens (tertiary/aromatic N) is 2. The summed E-state index contributed by atoms with van der Waals surface area (Å²) in [5, 5.41) is 3.60. The first-order chi connectivity index (χ1) is 9.43. The lowest BCUT2D eigenvalue weighted by Gasteiger charge is -2.34. The van der Waals surface area contributed by atoms with E-state index in [-0.39, 0.29) is 0 Å². The molecule has 3 fully saturated rings. The second kappa shape index (κ2) is 7.05. The summed E-state index contributed by atoms with van der Waals surface area (Å²) in [6.07, 6.45) is 9.99. The van der Waals surface area contributed by atoms with Gasteiger partial charge in [-0.1, -0.05) is 0 Å². The van der Waals surface area contributed by atoms with Crippen molar-refractivity contribution in [3.05, 3.63) is 0 Å². The van der Waals surface area contributed by atoms with Crippen molar-refractivity contribution in [2.45, 2.75) is 51.0 Å². The topological polar surface area (TPSA) is 18.5 Å².